The van der Waals surface area contributed by atoms with E-state index in [1.807, 2.05) is 0 Å². The fourth-order valence-electron chi connectivity index (χ4n) is 1.63. The molecule has 70 valence electrons. The molecule has 1 fully saturated rings. The van der Waals surface area contributed by atoms with E-state index in [1.165, 1.54) is 0 Å². The lowest BCUT2D eigenvalue weighted by Gasteiger charge is -2.10. The van der Waals surface area contributed by atoms with Gasteiger partial charge in [0.2, 0.25) is 0 Å². The van der Waals surface area contributed by atoms with Crippen molar-refractivity contribution < 1.29 is 5.11 Å². The Balaban J connectivity index is 2.29. The summed E-state index contributed by atoms with van der Waals surface area (Å²) in [6, 6.07) is 1.91. The molecule has 1 aromatic rings. The van der Waals surface area contributed by atoms with E-state index in [9.17, 15) is 5.11 Å². The smallest absolute Gasteiger partial charge is 0.139 e. The van der Waals surface area contributed by atoms with E-state index in [4.69, 9.17) is 0 Å². The zero-order valence-electron chi connectivity index (χ0n) is 7.13. The van der Waals surface area contributed by atoms with Gasteiger partial charge in [0.05, 0.1) is 11.7 Å². The Morgan fingerprint density at radius 3 is 3.08 bits per heavy atom. The summed E-state index contributed by atoms with van der Waals surface area (Å²) in [5.41, 5.74) is 0.765. The number of hydrogen-bond acceptors (Lipinski definition) is 3. The summed E-state index contributed by atoms with van der Waals surface area (Å²) in [4.78, 5) is 4.20. The first-order valence-corrected chi connectivity index (χ1v) is 5.14. The molecule has 2 N–H and O–H groups in total. The lowest BCUT2D eigenvalue weighted by molar-refractivity contribution is 0.450. The topological polar surface area (TPSA) is 45.2 Å². The maximum atomic E-state index is 9.62. The molecule has 0 radical (unpaired) electrons. The normalized spacial score (nSPS) is 22.1. The van der Waals surface area contributed by atoms with Crippen LogP contribution >= 0.6 is 15.9 Å². The van der Waals surface area contributed by atoms with Gasteiger partial charge in [-0.25, -0.2) is 0 Å². The molecule has 3 nitrogen and oxygen atoms in total. The summed E-state index contributed by atoms with van der Waals surface area (Å²) < 4.78 is 0.812. The predicted octanol–water partition coefficient (Wildman–Crippen LogP) is 1.97. The number of pyridine rings is 1. The number of nitrogens with one attached hydrogen (secondary N) is 1. The third kappa shape index (κ3) is 1.84. The summed E-state index contributed by atoms with van der Waals surface area (Å²) in [6.07, 6.45) is 3.93. The van der Waals surface area contributed by atoms with Crippen molar-refractivity contribution in [2.45, 2.75) is 18.9 Å². The highest BCUT2D eigenvalue weighted by Crippen LogP contribution is 2.29. The average Bonchev–Trinajstić information content (AvgIpc) is 2.56. The summed E-state index contributed by atoms with van der Waals surface area (Å²) in [5, 5.41) is 12.9. The molecule has 1 atom stereocenters. The van der Waals surface area contributed by atoms with Crippen LogP contribution in [0.15, 0.2) is 16.7 Å². The van der Waals surface area contributed by atoms with Gasteiger partial charge in [-0.3, -0.25) is 4.98 Å². The maximum absolute atomic E-state index is 9.62. The van der Waals surface area contributed by atoms with Gasteiger partial charge in [-0.1, -0.05) is 0 Å². The zero-order valence-corrected chi connectivity index (χ0v) is 8.71. The van der Waals surface area contributed by atoms with Crippen LogP contribution in [0.3, 0.4) is 0 Å². The van der Waals surface area contributed by atoms with E-state index < -0.39 is 0 Å². The quantitative estimate of drug-likeness (QED) is 0.792. The largest absolute Gasteiger partial charge is 0.506 e. The second-order valence-corrected chi connectivity index (χ2v) is 4.12. The average molecular weight is 243 g/mol. The van der Waals surface area contributed by atoms with E-state index >= 15 is 0 Å². The molecule has 0 amide bonds. The highest BCUT2D eigenvalue weighted by Gasteiger charge is 2.20. The Morgan fingerprint density at radius 2 is 2.46 bits per heavy atom. The molecule has 13 heavy (non-hydrogen) atoms. The van der Waals surface area contributed by atoms with Crippen LogP contribution < -0.4 is 5.32 Å². The molecule has 1 saturated heterocycles. The van der Waals surface area contributed by atoms with Crippen LogP contribution in [0.25, 0.3) is 0 Å². The van der Waals surface area contributed by atoms with E-state index in [2.05, 4.69) is 26.2 Å². The van der Waals surface area contributed by atoms with E-state index in [0.717, 1.165) is 29.6 Å². The van der Waals surface area contributed by atoms with Crippen LogP contribution in [-0.2, 0) is 0 Å². The Bertz CT molecular complexity index is 310. The molecule has 1 aliphatic heterocycles. The first-order chi connectivity index (χ1) is 6.27. The van der Waals surface area contributed by atoms with Crippen LogP contribution in [0.5, 0.6) is 5.75 Å². The highest BCUT2D eigenvalue weighted by molar-refractivity contribution is 9.10. The van der Waals surface area contributed by atoms with Crippen molar-refractivity contribution in [1.29, 1.82) is 0 Å². The van der Waals surface area contributed by atoms with Crippen molar-refractivity contribution >= 4 is 15.9 Å². The van der Waals surface area contributed by atoms with Crippen LogP contribution in [0, 0.1) is 0 Å². The fraction of sp³-hybridized carbons (Fsp3) is 0.444. The SMILES string of the molecule is Oc1cc(Br)cnc1C1CCCN1. The van der Waals surface area contributed by atoms with Crippen molar-refractivity contribution in [2.24, 2.45) is 0 Å². The number of rotatable bonds is 1. The first kappa shape index (κ1) is 8.97. The molecule has 0 aromatic carbocycles. The number of halogens is 1. The van der Waals surface area contributed by atoms with Crippen molar-refractivity contribution in [3.05, 3.63) is 22.4 Å². The van der Waals surface area contributed by atoms with Gasteiger partial charge < -0.3 is 10.4 Å². The molecule has 1 aromatic heterocycles. The van der Waals surface area contributed by atoms with Gasteiger partial charge in [-0.15, -0.1) is 0 Å². The van der Waals surface area contributed by atoms with Crippen molar-refractivity contribution in [1.82, 2.24) is 10.3 Å². The molecule has 4 heteroatoms. The van der Waals surface area contributed by atoms with Crippen LogP contribution in [0.2, 0.25) is 0 Å². The van der Waals surface area contributed by atoms with Crippen LogP contribution in [0.1, 0.15) is 24.6 Å². The van der Waals surface area contributed by atoms with Crippen LogP contribution in [0.4, 0.5) is 0 Å². The summed E-state index contributed by atoms with van der Waals surface area (Å²) in [5.74, 6) is 0.272. The maximum Gasteiger partial charge on any atom is 0.139 e. The zero-order chi connectivity index (χ0) is 9.26. The minimum absolute atomic E-state index is 0.230. The van der Waals surface area contributed by atoms with Gasteiger partial charge in [-0.2, -0.15) is 0 Å². The lowest BCUT2D eigenvalue weighted by atomic mass is 10.1. The number of nitrogens with zero attached hydrogens (tertiary/aromatic N) is 1. The standard InChI is InChI=1S/C9H11BrN2O/c10-6-4-8(13)9(12-5-6)7-2-1-3-11-7/h4-5,7,11,13H,1-3H2. The number of aromatic nitrogens is 1. The second-order valence-electron chi connectivity index (χ2n) is 3.21. The van der Waals surface area contributed by atoms with Gasteiger partial charge in [0, 0.05) is 10.7 Å². The number of aromatic hydroxyl groups is 1. The van der Waals surface area contributed by atoms with Crippen molar-refractivity contribution in [3.8, 4) is 5.75 Å². The van der Waals surface area contributed by atoms with Crippen LogP contribution in [-0.4, -0.2) is 16.6 Å². The van der Waals surface area contributed by atoms with Gasteiger partial charge in [0.25, 0.3) is 0 Å². The molecule has 0 spiro atoms. The van der Waals surface area contributed by atoms with Gasteiger partial charge in [0.1, 0.15) is 5.75 Å². The highest BCUT2D eigenvalue weighted by atomic mass is 79.9. The molecular weight excluding hydrogens is 232 g/mol. The fourth-order valence-corrected chi connectivity index (χ4v) is 1.94. The predicted molar refractivity (Wildman–Crippen MR) is 53.6 cm³/mol. The Hall–Kier alpha value is -0.610. The molecule has 2 heterocycles. The molecule has 0 bridgehead atoms. The third-order valence-corrected chi connectivity index (χ3v) is 2.69. The first-order valence-electron chi connectivity index (χ1n) is 4.35. The minimum atomic E-state index is 0.230. The Labute approximate surface area is 85.3 Å². The van der Waals surface area contributed by atoms with Gasteiger partial charge in [0.15, 0.2) is 0 Å². The van der Waals surface area contributed by atoms with Crippen molar-refractivity contribution in [3.63, 3.8) is 0 Å². The molecule has 2 rings (SSSR count). The van der Waals surface area contributed by atoms with Gasteiger partial charge >= 0.3 is 0 Å². The van der Waals surface area contributed by atoms with E-state index in [-0.39, 0.29) is 11.8 Å². The van der Waals surface area contributed by atoms with Gasteiger partial charge in [-0.05, 0) is 41.4 Å². The molecular formula is C9H11BrN2O. The van der Waals surface area contributed by atoms with Crippen molar-refractivity contribution in [2.75, 3.05) is 6.54 Å². The third-order valence-electron chi connectivity index (χ3n) is 2.25. The summed E-state index contributed by atoms with van der Waals surface area (Å²) in [6.45, 7) is 1.02. The Morgan fingerprint density at radius 1 is 1.62 bits per heavy atom. The van der Waals surface area contributed by atoms with E-state index in [1.54, 1.807) is 12.3 Å². The molecule has 0 aliphatic carbocycles. The second kappa shape index (κ2) is 3.64. The molecule has 1 aliphatic rings. The molecule has 0 saturated carbocycles. The monoisotopic (exact) mass is 242 g/mol. The number of hydrogen-bond donors (Lipinski definition) is 2. The Kier molecular flexibility index (Phi) is 2.51. The minimum Gasteiger partial charge on any atom is -0.506 e. The summed E-state index contributed by atoms with van der Waals surface area (Å²) >= 11 is 3.26. The van der Waals surface area contributed by atoms with E-state index in [0.29, 0.717) is 0 Å². The summed E-state index contributed by atoms with van der Waals surface area (Å²) in [7, 11) is 0. The molecule has 1 unspecified atom stereocenters. The lowest BCUT2D eigenvalue weighted by Crippen LogP contribution is -2.14.